The summed E-state index contributed by atoms with van der Waals surface area (Å²) >= 11 is 0. The Bertz CT molecular complexity index is 449. The van der Waals surface area contributed by atoms with E-state index in [2.05, 4.69) is 21.9 Å². The number of halogens is 1. The molecule has 0 spiro atoms. The maximum absolute atomic E-state index is 13.4. The van der Waals surface area contributed by atoms with Gasteiger partial charge in [0.15, 0.2) is 0 Å². The highest BCUT2D eigenvalue weighted by atomic mass is 19.1. The monoisotopic (exact) mass is 222 g/mol. The molecule has 0 saturated carbocycles. The summed E-state index contributed by atoms with van der Waals surface area (Å²) in [6.07, 6.45) is -0.653. The van der Waals surface area contributed by atoms with Gasteiger partial charge in [0.1, 0.15) is 5.82 Å². The van der Waals surface area contributed by atoms with E-state index >= 15 is 0 Å². The topological polar surface area (TPSA) is 64.3 Å². The van der Waals surface area contributed by atoms with Gasteiger partial charge in [0, 0.05) is 5.69 Å². The van der Waals surface area contributed by atoms with Crippen LogP contribution in [0.3, 0.4) is 0 Å². The second-order valence-corrected chi connectivity index (χ2v) is 2.82. The lowest BCUT2D eigenvalue weighted by Gasteiger charge is -2.03. The normalized spacial score (nSPS) is 8.94. The highest BCUT2D eigenvalue weighted by Crippen LogP contribution is 2.13. The third kappa shape index (κ3) is 3.26. The minimum atomic E-state index is -0.653. The number of ether oxygens (including phenoxy) is 1. The summed E-state index contributed by atoms with van der Waals surface area (Å²) in [4.78, 5) is 10.8. The largest absolute Gasteiger partial charge is 0.453 e. The quantitative estimate of drug-likeness (QED) is 0.704. The number of hydrogen-bond acceptors (Lipinski definition) is 3. The van der Waals surface area contributed by atoms with Crippen molar-refractivity contribution in [3.63, 3.8) is 0 Å². The molecule has 1 aromatic carbocycles. The molecule has 0 unspecified atom stereocenters. The van der Waals surface area contributed by atoms with Gasteiger partial charge in [-0.15, -0.1) is 0 Å². The van der Waals surface area contributed by atoms with Crippen molar-refractivity contribution in [1.82, 2.24) is 0 Å². The number of nitrogens with one attached hydrogen (secondary N) is 1. The van der Waals surface area contributed by atoms with Gasteiger partial charge in [-0.05, 0) is 18.2 Å². The van der Waals surface area contributed by atoms with E-state index in [4.69, 9.17) is 5.73 Å². The SMILES string of the molecule is COC(=O)Nc1ccc(C#CCN)c(F)c1. The Hall–Kier alpha value is -2.06. The fourth-order valence-electron chi connectivity index (χ4n) is 1.01. The number of benzene rings is 1. The van der Waals surface area contributed by atoms with Crippen LogP contribution in [0, 0.1) is 17.7 Å². The number of anilines is 1. The first-order valence-electron chi connectivity index (χ1n) is 4.51. The van der Waals surface area contributed by atoms with Gasteiger partial charge in [-0.3, -0.25) is 5.32 Å². The Kier molecular flexibility index (Phi) is 4.30. The third-order valence-electron chi connectivity index (χ3n) is 1.73. The molecule has 3 N–H and O–H groups in total. The zero-order valence-electron chi connectivity index (χ0n) is 8.71. The van der Waals surface area contributed by atoms with E-state index in [0.717, 1.165) is 6.07 Å². The van der Waals surface area contributed by atoms with Gasteiger partial charge in [0.05, 0.1) is 19.2 Å². The number of amides is 1. The number of carbonyl (C=O) groups is 1. The summed E-state index contributed by atoms with van der Waals surface area (Å²) < 4.78 is 17.8. The van der Waals surface area contributed by atoms with Crippen LogP contribution < -0.4 is 11.1 Å². The van der Waals surface area contributed by atoms with Crippen molar-refractivity contribution in [3.8, 4) is 11.8 Å². The van der Waals surface area contributed by atoms with Crippen LogP contribution in [0.15, 0.2) is 18.2 Å². The lowest BCUT2D eigenvalue weighted by Crippen LogP contribution is -2.11. The fourth-order valence-corrected chi connectivity index (χ4v) is 1.01. The van der Waals surface area contributed by atoms with Gasteiger partial charge in [0.2, 0.25) is 0 Å². The minimum Gasteiger partial charge on any atom is -0.453 e. The van der Waals surface area contributed by atoms with E-state index in [1.807, 2.05) is 0 Å². The van der Waals surface area contributed by atoms with Crippen LogP contribution in [-0.2, 0) is 4.74 Å². The molecule has 1 aromatic rings. The van der Waals surface area contributed by atoms with Gasteiger partial charge >= 0.3 is 6.09 Å². The molecule has 0 bridgehead atoms. The summed E-state index contributed by atoms with van der Waals surface area (Å²) in [5.74, 6) is 4.60. The van der Waals surface area contributed by atoms with E-state index in [9.17, 15) is 9.18 Å². The average molecular weight is 222 g/mol. The molecular formula is C11H11FN2O2. The highest BCUT2D eigenvalue weighted by molar-refractivity contribution is 5.84. The van der Waals surface area contributed by atoms with Crippen LogP contribution in [0.25, 0.3) is 0 Å². The van der Waals surface area contributed by atoms with E-state index < -0.39 is 11.9 Å². The first-order valence-corrected chi connectivity index (χ1v) is 4.51. The molecule has 0 heterocycles. The molecule has 1 rings (SSSR count). The molecule has 0 radical (unpaired) electrons. The Morgan fingerprint density at radius 1 is 1.62 bits per heavy atom. The number of hydrogen-bond donors (Lipinski definition) is 2. The van der Waals surface area contributed by atoms with Crippen molar-refractivity contribution in [2.24, 2.45) is 5.73 Å². The summed E-state index contributed by atoms with van der Waals surface area (Å²) in [5, 5.41) is 2.34. The summed E-state index contributed by atoms with van der Waals surface area (Å²) in [5.41, 5.74) is 5.72. The smallest absolute Gasteiger partial charge is 0.411 e. The molecule has 5 heteroatoms. The number of methoxy groups -OCH3 is 1. The van der Waals surface area contributed by atoms with Crippen LogP contribution in [0.2, 0.25) is 0 Å². The molecule has 1 amide bonds. The maximum atomic E-state index is 13.4. The van der Waals surface area contributed by atoms with E-state index in [0.29, 0.717) is 5.69 Å². The molecule has 4 nitrogen and oxygen atoms in total. The van der Waals surface area contributed by atoms with Gasteiger partial charge in [-0.2, -0.15) is 0 Å². The second-order valence-electron chi connectivity index (χ2n) is 2.82. The predicted octanol–water partition coefficient (Wildman–Crippen LogP) is 1.31. The van der Waals surface area contributed by atoms with Crippen molar-refractivity contribution in [2.45, 2.75) is 0 Å². The minimum absolute atomic E-state index is 0.168. The highest BCUT2D eigenvalue weighted by Gasteiger charge is 2.04. The molecule has 0 atom stereocenters. The molecule has 0 aliphatic heterocycles. The molecular weight excluding hydrogens is 211 g/mol. The lowest BCUT2D eigenvalue weighted by molar-refractivity contribution is 0.187. The van der Waals surface area contributed by atoms with Crippen LogP contribution in [-0.4, -0.2) is 19.7 Å². The molecule has 16 heavy (non-hydrogen) atoms. The van der Waals surface area contributed by atoms with Crippen molar-refractivity contribution < 1.29 is 13.9 Å². The summed E-state index contributed by atoms with van der Waals surface area (Å²) in [6.45, 7) is 0.168. The average Bonchev–Trinajstić information content (AvgIpc) is 2.28. The van der Waals surface area contributed by atoms with Crippen LogP contribution >= 0.6 is 0 Å². The van der Waals surface area contributed by atoms with Crippen LogP contribution in [0.5, 0.6) is 0 Å². The maximum Gasteiger partial charge on any atom is 0.411 e. The second kappa shape index (κ2) is 5.73. The van der Waals surface area contributed by atoms with Gasteiger partial charge in [-0.1, -0.05) is 11.8 Å². The molecule has 0 aromatic heterocycles. The van der Waals surface area contributed by atoms with Crippen molar-refractivity contribution >= 4 is 11.8 Å². The Morgan fingerprint density at radius 3 is 2.94 bits per heavy atom. The zero-order valence-corrected chi connectivity index (χ0v) is 8.71. The van der Waals surface area contributed by atoms with Crippen LogP contribution in [0.1, 0.15) is 5.56 Å². The Labute approximate surface area is 92.6 Å². The van der Waals surface area contributed by atoms with Crippen molar-refractivity contribution in [1.29, 1.82) is 0 Å². The lowest BCUT2D eigenvalue weighted by atomic mass is 10.2. The molecule has 0 aliphatic carbocycles. The summed E-state index contributed by atoms with van der Waals surface area (Å²) in [6, 6.07) is 4.15. The van der Waals surface area contributed by atoms with Gasteiger partial charge < -0.3 is 10.5 Å². The number of nitrogens with two attached hydrogens (primary N) is 1. The van der Waals surface area contributed by atoms with Gasteiger partial charge in [0.25, 0.3) is 0 Å². The molecule has 84 valence electrons. The number of carbonyl (C=O) groups excluding carboxylic acids is 1. The Balaban J connectivity index is 2.86. The molecule has 0 fully saturated rings. The molecule has 0 saturated heterocycles. The molecule has 0 aliphatic rings. The van der Waals surface area contributed by atoms with E-state index in [1.165, 1.54) is 19.2 Å². The third-order valence-corrected chi connectivity index (χ3v) is 1.73. The van der Waals surface area contributed by atoms with E-state index in [-0.39, 0.29) is 12.1 Å². The first kappa shape index (κ1) is 12.0. The zero-order chi connectivity index (χ0) is 12.0. The predicted molar refractivity (Wildman–Crippen MR) is 58.4 cm³/mol. The van der Waals surface area contributed by atoms with E-state index in [1.54, 1.807) is 0 Å². The Morgan fingerprint density at radius 2 is 2.38 bits per heavy atom. The van der Waals surface area contributed by atoms with Crippen molar-refractivity contribution in [3.05, 3.63) is 29.6 Å². The summed E-state index contributed by atoms with van der Waals surface area (Å²) in [7, 11) is 1.23. The van der Waals surface area contributed by atoms with Crippen LogP contribution in [0.4, 0.5) is 14.9 Å². The number of rotatable bonds is 1. The standard InChI is InChI=1S/C11H11FN2O2/c1-16-11(15)14-9-5-4-8(3-2-6-13)10(12)7-9/h4-5,7H,6,13H2,1H3,(H,14,15). The fraction of sp³-hybridized carbons (Fsp3) is 0.182. The first-order chi connectivity index (χ1) is 7.67. The van der Waals surface area contributed by atoms with Crippen molar-refractivity contribution in [2.75, 3.05) is 19.0 Å². The van der Waals surface area contributed by atoms with Gasteiger partial charge in [-0.25, -0.2) is 9.18 Å².